The topological polar surface area (TPSA) is 127 Å². The van der Waals surface area contributed by atoms with Crippen molar-refractivity contribution in [3.8, 4) is 0 Å². The van der Waals surface area contributed by atoms with Crippen LogP contribution in [0.1, 0.15) is 12.7 Å². The van der Waals surface area contributed by atoms with Crippen LogP contribution in [-0.4, -0.2) is 38.0 Å². The summed E-state index contributed by atoms with van der Waals surface area (Å²) in [6, 6.07) is 0. The van der Waals surface area contributed by atoms with Gasteiger partial charge in [0.15, 0.2) is 0 Å². The lowest BCUT2D eigenvalue weighted by Crippen LogP contribution is -2.33. The van der Waals surface area contributed by atoms with E-state index in [2.05, 4.69) is 10.3 Å². The van der Waals surface area contributed by atoms with Crippen LogP contribution in [0.25, 0.3) is 0 Å². The Morgan fingerprint density at radius 1 is 1.63 bits per heavy atom. The number of carboxylic acids is 1. The quantitative estimate of drug-likeness (QED) is 0.550. The van der Waals surface area contributed by atoms with E-state index in [0.717, 1.165) is 6.20 Å². The highest BCUT2D eigenvalue weighted by Gasteiger charge is 2.17. The molecule has 0 aliphatic rings. The molecule has 0 aliphatic carbocycles. The van der Waals surface area contributed by atoms with Crippen LogP contribution >= 0.6 is 0 Å². The number of hydrogen-bond donors (Lipinski definition) is 2. The Hall–Kier alpha value is -2.45. The summed E-state index contributed by atoms with van der Waals surface area (Å²) in [4.78, 5) is 35.6. The summed E-state index contributed by atoms with van der Waals surface area (Å²) >= 11 is 0. The number of nitro groups is 1. The molecule has 19 heavy (non-hydrogen) atoms. The minimum absolute atomic E-state index is 0.00397. The molecule has 0 aromatic carbocycles. The van der Waals surface area contributed by atoms with Gasteiger partial charge in [0.25, 0.3) is 0 Å². The largest absolute Gasteiger partial charge is 0.481 e. The molecular formula is C10H14N4O5. The van der Waals surface area contributed by atoms with Gasteiger partial charge in [0, 0.05) is 13.5 Å². The van der Waals surface area contributed by atoms with Gasteiger partial charge in [0.1, 0.15) is 12.7 Å². The predicted octanol–water partition coefficient (Wildman–Crippen LogP) is -0.0634. The Labute approximate surface area is 108 Å². The Kier molecular flexibility index (Phi) is 4.56. The third-order valence-electron chi connectivity index (χ3n) is 2.49. The number of imidazole rings is 1. The maximum atomic E-state index is 11.5. The summed E-state index contributed by atoms with van der Waals surface area (Å²) < 4.78 is 1.33. The summed E-state index contributed by atoms with van der Waals surface area (Å²) in [6.07, 6.45) is 1.16. The second-order valence-electron chi connectivity index (χ2n) is 4.07. The van der Waals surface area contributed by atoms with Crippen LogP contribution in [0.3, 0.4) is 0 Å². The number of rotatable bonds is 6. The van der Waals surface area contributed by atoms with E-state index in [4.69, 9.17) is 5.11 Å². The first-order chi connectivity index (χ1) is 8.81. The maximum Gasteiger partial charge on any atom is 0.381 e. The molecule has 1 amide bonds. The number of aliphatic carboxylic acids is 1. The first-order valence-corrected chi connectivity index (χ1v) is 5.49. The van der Waals surface area contributed by atoms with E-state index in [9.17, 15) is 19.7 Å². The number of amides is 1. The minimum atomic E-state index is -1.00. The molecule has 1 rings (SSSR count). The molecule has 0 radical (unpaired) electrons. The number of nitrogens with one attached hydrogen (secondary N) is 1. The standard InChI is InChI=1S/C10H14N4O5/c1-6(10(16)17)3-11-9(15)5-13-4-8(14(18)19)12-7(13)2/h4,6H,3,5H2,1-2H3,(H,11,15)(H,16,17). The van der Waals surface area contributed by atoms with E-state index in [-0.39, 0.29) is 18.9 Å². The molecule has 0 aliphatic heterocycles. The lowest BCUT2D eigenvalue weighted by Gasteiger charge is -2.08. The van der Waals surface area contributed by atoms with Gasteiger partial charge in [-0.1, -0.05) is 6.92 Å². The van der Waals surface area contributed by atoms with Crippen molar-refractivity contribution in [1.29, 1.82) is 0 Å². The van der Waals surface area contributed by atoms with Crippen molar-refractivity contribution in [2.24, 2.45) is 5.92 Å². The van der Waals surface area contributed by atoms with Gasteiger partial charge in [0.2, 0.25) is 11.7 Å². The molecule has 104 valence electrons. The molecule has 9 nitrogen and oxygen atoms in total. The van der Waals surface area contributed by atoms with Crippen LogP contribution in [0.4, 0.5) is 5.82 Å². The van der Waals surface area contributed by atoms with Crippen molar-refractivity contribution in [3.63, 3.8) is 0 Å². The maximum absolute atomic E-state index is 11.5. The number of nitrogens with zero attached hydrogens (tertiary/aromatic N) is 3. The van der Waals surface area contributed by atoms with Crippen molar-refractivity contribution >= 4 is 17.7 Å². The minimum Gasteiger partial charge on any atom is -0.481 e. The second-order valence-corrected chi connectivity index (χ2v) is 4.07. The van der Waals surface area contributed by atoms with E-state index < -0.39 is 22.7 Å². The number of aryl methyl sites for hydroxylation is 1. The van der Waals surface area contributed by atoms with E-state index in [0.29, 0.717) is 5.82 Å². The average molecular weight is 270 g/mol. The Morgan fingerprint density at radius 2 is 2.26 bits per heavy atom. The first-order valence-electron chi connectivity index (χ1n) is 5.49. The Morgan fingerprint density at radius 3 is 2.74 bits per heavy atom. The Bertz CT molecular complexity index is 510. The molecule has 9 heteroatoms. The molecule has 0 fully saturated rings. The molecule has 1 atom stereocenters. The number of aromatic nitrogens is 2. The zero-order valence-corrected chi connectivity index (χ0v) is 10.5. The lowest BCUT2D eigenvalue weighted by molar-refractivity contribution is -0.389. The van der Waals surface area contributed by atoms with Crippen molar-refractivity contribution in [2.45, 2.75) is 20.4 Å². The van der Waals surface area contributed by atoms with Gasteiger partial charge < -0.3 is 20.5 Å². The summed E-state index contributed by atoms with van der Waals surface area (Å²) in [5.41, 5.74) is 0. The predicted molar refractivity (Wildman–Crippen MR) is 63.4 cm³/mol. The van der Waals surface area contributed by atoms with Gasteiger partial charge in [-0.3, -0.25) is 14.2 Å². The molecule has 1 unspecified atom stereocenters. The van der Waals surface area contributed by atoms with E-state index in [1.54, 1.807) is 6.92 Å². The van der Waals surface area contributed by atoms with E-state index in [1.165, 1.54) is 11.5 Å². The van der Waals surface area contributed by atoms with Crippen LogP contribution in [0.5, 0.6) is 0 Å². The highest BCUT2D eigenvalue weighted by atomic mass is 16.6. The first kappa shape index (κ1) is 14.6. The van der Waals surface area contributed by atoms with Crippen LogP contribution < -0.4 is 5.32 Å². The monoisotopic (exact) mass is 270 g/mol. The van der Waals surface area contributed by atoms with Crippen molar-refractivity contribution < 1.29 is 19.6 Å². The van der Waals surface area contributed by atoms with Crippen LogP contribution in [0.2, 0.25) is 0 Å². The second kappa shape index (κ2) is 5.94. The van der Waals surface area contributed by atoms with Crippen molar-refractivity contribution in [3.05, 3.63) is 22.1 Å². The molecule has 1 aromatic heterocycles. The van der Waals surface area contributed by atoms with Gasteiger partial charge >= 0.3 is 11.8 Å². The van der Waals surface area contributed by atoms with E-state index >= 15 is 0 Å². The van der Waals surface area contributed by atoms with Crippen LogP contribution in [0, 0.1) is 23.0 Å². The zero-order valence-electron chi connectivity index (χ0n) is 10.5. The molecular weight excluding hydrogens is 256 g/mol. The van der Waals surface area contributed by atoms with Gasteiger partial charge in [-0.05, 0) is 9.91 Å². The number of carboxylic acid groups (broad SMARTS) is 1. The number of carbonyl (C=O) groups excluding carboxylic acids is 1. The average Bonchev–Trinajstić information content (AvgIpc) is 2.68. The highest BCUT2D eigenvalue weighted by molar-refractivity contribution is 5.77. The van der Waals surface area contributed by atoms with Crippen molar-refractivity contribution in [2.75, 3.05) is 6.54 Å². The van der Waals surface area contributed by atoms with Gasteiger partial charge in [-0.2, -0.15) is 0 Å². The van der Waals surface area contributed by atoms with Crippen LogP contribution in [0.15, 0.2) is 6.20 Å². The van der Waals surface area contributed by atoms with Gasteiger partial charge in [-0.15, -0.1) is 0 Å². The molecule has 0 bridgehead atoms. The molecule has 1 aromatic rings. The smallest absolute Gasteiger partial charge is 0.381 e. The third-order valence-corrected chi connectivity index (χ3v) is 2.49. The fourth-order valence-electron chi connectivity index (χ4n) is 1.30. The van der Waals surface area contributed by atoms with E-state index in [1.807, 2.05) is 0 Å². The molecule has 0 saturated heterocycles. The fraction of sp³-hybridized carbons (Fsp3) is 0.500. The molecule has 0 spiro atoms. The normalized spacial score (nSPS) is 11.9. The lowest BCUT2D eigenvalue weighted by atomic mass is 10.2. The number of hydrogen-bond acceptors (Lipinski definition) is 5. The SMILES string of the molecule is Cc1nc([N+](=O)[O-])cn1CC(=O)NCC(C)C(=O)O. The third kappa shape index (κ3) is 4.05. The summed E-state index contributed by atoms with van der Waals surface area (Å²) in [5.74, 6) is -2.11. The molecule has 1 heterocycles. The fourth-order valence-corrected chi connectivity index (χ4v) is 1.30. The van der Waals surface area contributed by atoms with Crippen molar-refractivity contribution in [1.82, 2.24) is 14.9 Å². The Balaban J connectivity index is 2.57. The zero-order chi connectivity index (χ0) is 14.6. The summed E-state index contributed by atoms with van der Waals surface area (Å²) in [6.45, 7) is 2.87. The molecule has 2 N–H and O–H groups in total. The summed E-state index contributed by atoms with van der Waals surface area (Å²) in [5, 5.41) is 21.6. The summed E-state index contributed by atoms with van der Waals surface area (Å²) in [7, 11) is 0. The van der Waals surface area contributed by atoms with Gasteiger partial charge in [0.05, 0.1) is 5.92 Å². The van der Waals surface area contributed by atoms with Crippen LogP contribution in [-0.2, 0) is 16.1 Å². The van der Waals surface area contributed by atoms with Gasteiger partial charge in [-0.25, -0.2) is 0 Å². The number of carbonyl (C=O) groups is 2. The highest BCUT2D eigenvalue weighted by Crippen LogP contribution is 2.09. The molecule has 0 saturated carbocycles.